The van der Waals surface area contributed by atoms with Gasteiger partial charge in [-0.25, -0.2) is 0 Å². The summed E-state index contributed by atoms with van der Waals surface area (Å²) in [5.74, 6) is 1.10. The first-order valence-corrected chi connectivity index (χ1v) is 9.98. The highest BCUT2D eigenvalue weighted by molar-refractivity contribution is 7.10. The fraction of sp³-hybridized carbons (Fsp3) is 0.450. The monoisotopic (exact) mass is 339 g/mol. The van der Waals surface area contributed by atoms with Gasteiger partial charge in [0.2, 0.25) is 0 Å². The van der Waals surface area contributed by atoms with Gasteiger partial charge in [-0.3, -0.25) is 4.79 Å². The van der Waals surface area contributed by atoms with Crippen LogP contribution >= 0.6 is 11.3 Å². The van der Waals surface area contributed by atoms with Crippen LogP contribution in [0.25, 0.3) is 0 Å². The molecule has 2 aromatic rings. The molecule has 0 spiro atoms. The van der Waals surface area contributed by atoms with Crippen molar-refractivity contribution in [2.75, 3.05) is 24.5 Å². The molecule has 1 saturated carbocycles. The molecule has 124 valence electrons. The zero-order valence-electron chi connectivity index (χ0n) is 13.8. The highest BCUT2D eigenvalue weighted by Gasteiger charge is 2.44. The van der Waals surface area contributed by atoms with E-state index < -0.39 is 0 Å². The number of thiophene rings is 1. The van der Waals surface area contributed by atoms with Crippen molar-refractivity contribution in [2.24, 2.45) is 5.92 Å². The molecule has 4 heteroatoms. The molecule has 0 bridgehead atoms. The highest BCUT2D eigenvalue weighted by Crippen LogP contribution is 2.42. The number of rotatable bonds is 3. The van der Waals surface area contributed by atoms with E-state index in [0.717, 1.165) is 37.5 Å². The van der Waals surface area contributed by atoms with E-state index in [1.165, 1.54) is 23.3 Å². The summed E-state index contributed by atoms with van der Waals surface area (Å²) in [6, 6.07) is 11.2. The number of carbonyl (C=O) groups is 1. The van der Waals surface area contributed by atoms with Crippen LogP contribution in [0.3, 0.4) is 0 Å². The van der Waals surface area contributed by atoms with Crippen LogP contribution in [-0.2, 0) is 17.6 Å². The standard InChI is InChI=1S/C20H22N2OS/c23-19(22-11-7-14-3-1-2-4-17(14)22)13-21-10-8-18-16(9-12-24-18)20(21)15-5-6-15/h1-4,9,12,15,20H,5-8,10-11,13H2/p+1/t20-/m1/s1. The summed E-state index contributed by atoms with van der Waals surface area (Å²) in [6.45, 7) is 2.60. The lowest BCUT2D eigenvalue weighted by molar-refractivity contribution is -0.928. The number of nitrogens with zero attached hydrogens (tertiary/aromatic N) is 1. The number of carbonyl (C=O) groups excluding carboxylic acids is 1. The summed E-state index contributed by atoms with van der Waals surface area (Å²) in [6.07, 6.45) is 4.81. The summed E-state index contributed by atoms with van der Waals surface area (Å²) < 4.78 is 0. The van der Waals surface area contributed by atoms with Gasteiger partial charge in [-0.1, -0.05) is 18.2 Å². The largest absolute Gasteiger partial charge is 0.320 e. The van der Waals surface area contributed by atoms with E-state index >= 15 is 0 Å². The van der Waals surface area contributed by atoms with E-state index in [2.05, 4.69) is 29.6 Å². The van der Waals surface area contributed by atoms with Crippen LogP contribution in [0.1, 0.15) is 34.9 Å². The van der Waals surface area contributed by atoms with Gasteiger partial charge >= 0.3 is 0 Å². The third kappa shape index (κ3) is 2.40. The highest BCUT2D eigenvalue weighted by atomic mass is 32.1. The number of hydrogen-bond donors (Lipinski definition) is 1. The number of hydrogen-bond acceptors (Lipinski definition) is 2. The van der Waals surface area contributed by atoms with E-state index in [-0.39, 0.29) is 0 Å². The maximum atomic E-state index is 13.0. The van der Waals surface area contributed by atoms with Crippen LogP contribution in [0, 0.1) is 5.92 Å². The molecule has 24 heavy (non-hydrogen) atoms. The third-order valence-corrected chi connectivity index (χ3v) is 6.88. The molecule has 2 atom stereocenters. The van der Waals surface area contributed by atoms with Crippen molar-refractivity contribution in [3.05, 3.63) is 51.7 Å². The first-order valence-electron chi connectivity index (χ1n) is 9.10. The van der Waals surface area contributed by atoms with Gasteiger partial charge in [-0.15, -0.1) is 11.3 Å². The Kier molecular flexibility index (Phi) is 3.49. The Morgan fingerprint density at radius 1 is 1.21 bits per heavy atom. The van der Waals surface area contributed by atoms with Crippen LogP contribution in [-0.4, -0.2) is 25.5 Å². The van der Waals surface area contributed by atoms with Gasteiger partial charge in [-0.05, 0) is 42.3 Å². The van der Waals surface area contributed by atoms with E-state index in [0.29, 0.717) is 18.5 Å². The molecule has 3 aliphatic rings. The SMILES string of the molecule is O=C(C[NH+]1CCc2sccc2[C@H]1C1CC1)N1CCc2ccccc21. The molecule has 0 radical (unpaired) electrons. The van der Waals surface area contributed by atoms with Crippen molar-refractivity contribution in [2.45, 2.75) is 31.7 Å². The quantitative estimate of drug-likeness (QED) is 0.911. The average Bonchev–Trinajstić information content (AvgIpc) is 3.16. The van der Waals surface area contributed by atoms with Crippen LogP contribution in [0.4, 0.5) is 5.69 Å². The maximum Gasteiger partial charge on any atom is 0.282 e. The average molecular weight is 339 g/mol. The van der Waals surface area contributed by atoms with Crippen LogP contribution < -0.4 is 9.80 Å². The second-order valence-corrected chi connectivity index (χ2v) is 8.37. The Hall–Kier alpha value is -1.65. The van der Waals surface area contributed by atoms with Gasteiger partial charge in [0.05, 0.1) is 6.54 Å². The van der Waals surface area contributed by atoms with Crippen molar-refractivity contribution in [1.82, 2.24) is 0 Å². The van der Waals surface area contributed by atoms with Crippen molar-refractivity contribution in [3.8, 4) is 0 Å². The minimum Gasteiger partial charge on any atom is -0.320 e. The predicted molar refractivity (Wildman–Crippen MR) is 96.7 cm³/mol. The predicted octanol–water partition coefficient (Wildman–Crippen LogP) is 2.23. The first-order chi connectivity index (χ1) is 11.8. The van der Waals surface area contributed by atoms with E-state index in [1.807, 2.05) is 22.3 Å². The number of nitrogens with one attached hydrogen (secondary N) is 1. The van der Waals surface area contributed by atoms with E-state index in [9.17, 15) is 4.79 Å². The van der Waals surface area contributed by atoms with Gasteiger partial charge in [0.1, 0.15) is 6.04 Å². The lowest BCUT2D eigenvalue weighted by Gasteiger charge is -2.33. The summed E-state index contributed by atoms with van der Waals surface area (Å²) in [5, 5.41) is 2.24. The summed E-state index contributed by atoms with van der Waals surface area (Å²) >= 11 is 1.90. The molecule has 1 fully saturated rings. The van der Waals surface area contributed by atoms with Gasteiger partial charge in [0.25, 0.3) is 5.91 Å². The molecule has 1 amide bonds. The molecule has 0 saturated heterocycles. The Balaban J connectivity index is 1.37. The van der Waals surface area contributed by atoms with Gasteiger partial charge in [0.15, 0.2) is 6.54 Å². The lowest BCUT2D eigenvalue weighted by atomic mass is 9.96. The maximum absolute atomic E-state index is 13.0. The zero-order valence-corrected chi connectivity index (χ0v) is 14.6. The smallest absolute Gasteiger partial charge is 0.282 e. The van der Waals surface area contributed by atoms with Gasteiger partial charge in [-0.2, -0.15) is 0 Å². The van der Waals surface area contributed by atoms with Gasteiger partial charge in [0, 0.05) is 35.0 Å². The molecule has 1 N–H and O–H groups in total. The molecule has 1 aromatic carbocycles. The molecular weight excluding hydrogens is 316 g/mol. The number of anilines is 1. The molecule has 3 nitrogen and oxygen atoms in total. The van der Waals surface area contributed by atoms with Crippen molar-refractivity contribution in [1.29, 1.82) is 0 Å². The second-order valence-electron chi connectivity index (χ2n) is 7.37. The Morgan fingerprint density at radius 2 is 2.08 bits per heavy atom. The second kappa shape index (κ2) is 5.71. The number of para-hydroxylation sites is 1. The fourth-order valence-electron chi connectivity index (χ4n) is 4.58. The summed E-state index contributed by atoms with van der Waals surface area (Å²) in [5.41, 5.74) is 4.00. The van der Waals surface area contributed by atoms with Crippen LogP contribution in [0.15, 0.2) is 35.7 Å². The van der Waals surface area contributed by atoms with E-state index in [4.69, 9.17) is 0 Å². The number of amides is 1. The normalized spacial score (nSPS) is 25.4. The number of fused-ring (bicyclic) bond motifs is 2. The van der Waals surface area contributed by atoms with Crippen molar-refractivity contribution < 1.29 is 9.69 Å². The minimum absolute atomic E-state index is 0.305. The first kappa shape index (κ1) is 14.7. The Bertz CT molecular complexity index is 779. The molecular formula is C20H23N2OS+. The lowest BCUT2D eigenvalue weighted by Crippen LogP contribution is -3.14. The topological polar surface area (TPSA) is 24.8 Å². The van der Waals surface area contributed by atoms with Gasteiger partial charge < -0.3 is 9.80 Å². The van der Waals surface area contributed by atoms with Crippen molar-refractivity contribution >= 4 is 22.9 Å². The molecule has 3 heterocycles. The molecule has 1 unspecified atom stereocenters. The van der Waals surface area contributed by atoms with Crippen LogP contribution in [0.5, 0.6) is 0 Å². The summed E-state index contributed by atoms with van der Waals surface area (Å²) in [7, 11) is 0. The Morgan fingerprint density at radius 3 is 2.96 bits per heavy atom. The van der Waals surface area contributed by atoms with Crippen LogP contribution in [0.2, 0.25) is 0 Å². The van der Waals surface area contributed by atoms with E-state index in [1.54, 1.807) is 10.4 Å². The number of quaternary nitrogens is 1. The fourth-order valence-corrected chi connectivity index (χ4v) is 5.51. The molecule has 5 rings (SSSR count). The van der Waals surface area contributed by atoms with Crippen molar-refractivity contribution in [3.63, 3.8) is 0 Å². The Labute approximate surface area is 146 Å². The minimum atomic E-state index is 0.305. The third-order valence-electron chi connectivity index (χ3n) is 5.89. The molecule has 1 aromatic heterocycles. The summed E-state index contributed by atoms with van der Waals surface area (Å²) in [4.78, 5) is 18.1. The number of benzene rings is 1. The zero-order chi connectivity index (χ0) is 16.1. The molecule has 2 aliphatic heterocycles. The molecule has 1 aliphatic carbocycles.